The van der Waals surface area contributed by atoms with Crippen LogP contribution in [0.4, 0.5) is 18.2 Å². The Labute approximate surface area is 129 Å². The van der Waals surface area contributed by atoms with Crippen LogP contribution in [0.2, 0.25) is 0 Å². The van der Waals surface area contributed by atoms with Gasteiger partial charge in [-0.25, -0.2) is 9.78 Å². The average Bonchev–Trinajstić information content (AvgIpc) is 2.78. The number of nitrogens with two attached hydrogens (primary N) is 1. The highest BCUT2D eigenvalue weighted by molar-refractivity contribution is 9.10. The van der Waals surface area contributed by atoms with Gasteiger partial charge in [-0.05, 0) is 12.1 Å². The van der Waals surface area contributed by atoms with Crippen molar-refractivity contribution in [3.8, 4) is 10.6 Å². The molecule has 1 heterocycles. The largest absolute Gasteiger partial charge is 0.464 e. The molecular formula is C12H8BrF3N2O2S. The third-order valence-corrected chi connectivity index (χ3v) is 3.96. The lowest BCUT2D eigenvalue weighted by molar-refractivity contribution is -0.137. The van der Waals surface area contributed by atoms with Gasteiger partial charge < -0.3 is 10.5 Å². The van der Waals surface area contributed by atoms with E-state index >= 15 is 0 Å². The summed E-state index contributed by atoms with van der Waals surface area (Å²) in [6, 6.07) is 3.68. The second-order valence-electron chi connectivity index (χ2n) is 3.91. The van der Waals surface area contributed by atoms with Crippen molar-refractivity contribution in [2.24, 2.45) is 0 Å². The van der Waals surface area contributed by atoms with E-state index in [0.717, 1.165) is 24.5 Å². The number of nitrogens with zero attached hydrogens (tertiary/aromatic N) is 1. The number of carbonyl (C=O) groups is 1. The standard InChI is InChI=1S/C12H8BrF3N2O2S/c1-20-11(19)8-9(17)21-10(18-8)6-3-2-5(13)4-7(6)12(14,15)16/h2-4H,17H2,1H3. The van der Waals surface area contributed by atoms with Crippen LogP contribution in [0, 0.1) is 0 Å². The lowest BCUT2D eigenvalue weighted by atomic mass is 10.1. The lowest BCUT2D eigenvalue weighted by Gasteiger charge is -2.11. The molecule has 0 saturated heterocycles. The summed E-state index contributed by atoms with van der Waals surface area (Å²) < 4.78 is 44.0. The van der Waals surface area contributed by atoms with Crippen molar-refractivity contribution in [1.29, 1.82) is 0 Å². The number of benzene rings is 1. The normalized spacial score (nSPS) is 11.5. The third kappa shape index (κ3) is 3.18. The van der Waals surface area contributed by atoms with E-state index < -0.39 is 17.7 Å². The number of esters is 1. The zero-order chi connectivity index (χ0) is 15.8. The van der Waals surface area contributed by atoms with Gasteiger partial charge >= 0.3 is 12.1 Å². The first kappa shape index (κ1) is 15.8. The van der Waals surface area contributed by atoms with Gasteiger partial charge in [0.1, 0.15) is 10.0 Å². The van der Waals surface area contributed by atoms with Crippen molar-refractivity contribution in [3.05, 3.63) is 33.9 Å². The summed E-state index contributed by atoms with van der Waals surface area (Å²) in [5, 5.41) is 0.0145. The highest BCUT2D eigenvalue weighted by atomic mass is 79.9. The minimum absolute atomic E-state index is 0.00715. The highest BCUT2D eigenvalue weighted by Crippen LogP contribution is 2.41. The predicted molar refractivity (Wildman–Crippen MR) is 76.0 cm³/mol. The van der Waals surface area contributed by atoms with Gasteiger partial charge in [0.25, 0.3) is 0 Å². The van der Waals surface area contributed by atoms with E-state index in [9.17, 15) is 18.0 Å². The number of carbonyl (C=O) groups excluding carboxylic acids is 1. The van der Waals surface area contributed by atoms with Crippen LogP contribution >= 0.6 is 27.3 Å². The van der Waals surface area contributed by atoms with Crippen molar-refractivity contribution in [2.75, 3.05) is 12.8 Å². The number of rotatable bonds is 2. The number of aromatic nitrogens is 1. The summed E-state index contributed by atoms with van der Waals surface area (Å²) in [5.41, 5.74) is 4.42. The molecule has 0 aliphatic carbocycles. The van der Waals surface area contributed by atoms with Crippen LogP contribution in [0.25, 0.3) is 10.6 Å². The SMILES string of the molecule is COC(=O)c1nc(-c2ccc(Br)cc2C(F)(F)F)sc1N. The predicted octanol–water partition coefficient (Wildman–Crippen LogP) is 3.96. The number of hydrogen-bond acceptors (Lipinski definition) is 5. The number of hydrogen-bond donors (Lipinski definition) is 1. The van der Waals surface area contributed by atoms with Crippen LogP contribution in [-0.2, 0) is 10.9 Å². The van der Waals surface area contributed by atoms with E-state index in [-0.39, 0.29) is 25.7 Å². The second kappa shape index (κ2) is 5.64. The van der Waals surface area contributed by atoms with E-state index in [4.69, 9.17) is 5.73 Å². The van der Waals surface area contributed by atoms with Crippen LogP contribution in [-0.4, -0.2) is 18.1 Å². The molecule has 0 unspecified atom stereocenters. The fraction of sp³-hybridized carbons (Fsp3) is 0.167. The van der Waals surface area contributed by atoms with Crippen LogP contribution in [0.15, 0.2) is 22.7 Å². The number of halogens is 4. The summed E-state index contributed by atoms with van der Waals surface area (Å²) >= 11 is 3.80. The number of thiazole rings is 1. The maximum atomic E-state index is 13.1. The van der Waals surface area contributed by atoms with Crippen LogP contribution < -0.4 is 5.73 Å². The minimum atomic E-state index is -4.55. The number of anilines is 1. The molecule has 1 aromatic heterocycles. The molecule has 0 aliphatic heterocycles. The Morgan fingerprint density at radius 2 is 2.10 bits per heavy atom. The van der Waals surface area contributed by atoms with Crippen LogP contribution in [0.3, 0.4) is 0 Å². The summed E-state index contributed by atoms with van der Waals surface area (Å²) in [7, 11) is 1.14. The van der Waals surface area contributed by atoms with Crippen molar-refractivity contribution in [1.82, 2.24) is 4.98 Å². The maximum absolute atomic E-state index is 13.1. The Kier molecular flexibility index (Phi) is 4.24. The molecule has 2 rings (SSSR count). The Bertz CT molecular complexity index is 700. The van der Waals surface area contributed by atoms with Crippen molar-refractivity contribution < 1.29 is 22.7 Å². The quantitative estimate of drug-likeness (QED) is 0.800. The molecule has 0 spiro atoms. The molecule has 0 bridgehead atoms. The molecule has 0 atom stereocenters. The molecule has 4 nitrogen and oxygen atoms in total. The van der Waals surface area contributed by atoms with Crippen molar-refractivity contribution in [3.63, 3.8) is 0 Å². The summed E-state index contributed by atoms with van der Waals surface area (Å²) in [6.07, 6.45) is -4.55. The molecule has 112 valence electrons. The number of alkyl halides is 3. The smallest absolute Gasteiger partial charge is 0.417 e. The topological polar surface area (TPSA) is 65.2 Å². The van der Waals surface area contributed by atoms with Gasteiger partial charge in [0.05, 0.1) is 12.7 Å². The summed E-state index contributed by atoms with van der Waals surface area (Å²) in [5.74, 6) is -0.791. The monoisotopic (exact) mass is 380 g/mol. The molecule has 9 heteroatoms. The van der Waals surface area contributed by atoms with Gasteiger partial charge in [-0.2, -0.15) is 13.2 Å². The first-order valence-electron chi connectivity index (χ1n) is 5.45. The fourth-order valence-corrected chi connectivity index (χ4v) is 2.85. The molecule has 2 aromatic rings. The van der Waals surface area contributed by atoms with Gasteiger partial charge in [-0.1, -0.05) is 33.3 Å². The van der Waals surface area contributed by atoms with Crippen molar-refractivity contribution >= 4 is 38.2 Å². The molecule has 0 aliphatic rings. The minimum Gasteiger partial charge on any atom is -0.464 e. The number of nitrogen functional groups attached to an aromatic ring is 1. The molecule has 2 N–H and O–H groups in total. The Balaban J connectivity index is 2.60. The first-order chi connectivity index (χ1) is 9.74. The van der Waals surface area contributed by atoms with E-state index in [1.807, 2.05) is 0 Å². The van der Waals surface area contributed by atoms with Gasteiger partial charge in [-0.15, -0.1) is 0 Å². The van der Waals surface area contributed by atoms with E-state index in [2.05, 4.69) is 25.7 Å². The number of ether oxygens (including phenoxy) is 1. The van der Waals surface area contributed by atoms with E-state index in [0.29, 0.717) is 0 Å². The Morgan fingerprint density at radius 3 is 2.67 bits per heavy atom. The van der Waals surface area contributed by atoms with Gasteiger partial charge in [0.15, 0.2) is 5.69 Å². The lowest BCUT2D eigenvalue weighted by Crippen LogP contribution is -2.07. The van der Waals surface area contributed by atoms with Gasteiger partial charge in [0, 0.05) is 10.0 Å². The maximum Gasteiger partial charge on any atom is 0.417 e. The zero-order valence-electron chi connectivity index (χ0n) is 10.5. The zero-order valence-corrected chi connectivity index (χ0v) is 12.9. The highest BCUT2D eigenvalue weighted by Gasteiger charge is 2.35. The summed E-state index contributed by atoms with van der Waals surface area (Å²) in [6.45, 7) is 0. The molecule has 0 fully saturated rings. The Hall–Kier alpha value is -1.61. The Morgan fingerprint density at radius 1 is 1.43 bits per heavy atom. The fourth-order valence-electron chi connectivity index (χ4n) is 1.63. The number of methoxy groups -OCH3 is 1. The van der Waals surface area contributed by atoms with E-state index in [1.54, 1.807) is 0 Å². The van der Waals surface area contributed by atoms with Gasteiger partial charge in [0.2, 0.25) is 0 Å². The third-order valence-electron chi connectivity index (χ3n) is 2.55. The molecular weight excluding hydrogens is 373 g/mol. The van der Waals surface area contributed by atoms with Crippen LogP contribution in [0.5, 0.6) is 0 Å². The molecule has 0 radical (unpaired) electrons. The molecule has 21 heavy (non-hydrogen) atoms. The molecule has 0 saturated carbocycles. The van der Waals surface area contributed by atoms with Crippen LogP contribution in [0.1, 0.15) is 16.1 Å². The second-order valence-corrected chi connectivity index (χ2v) is 5.86. The van der Waals surface area contributed by atoms with Crippen molar-refractivity contribution in [2.45, 2.75) is 6.18 Å². The molecule has 1 aromatic carbocycles. The summed E-state index contributed by atoms with van der Waals surface area (Å²) in [4.78, 5) is 15.3. The average molecular weight is 381 g/mol. The van der Waals surface area contributed by atoms with Gasteiger partial charge in [-0.3, -0.25) is 0 Å². The first-order valence-corrected chi connectivity index (χ1v) is 7.06. The molecule has 0 amide bonds. The van der Waals surface area contributed by atoms with E-state index in [1.165, 1.54) is 12.1 Å².